The fraction of sp³-hybridized carbons (Fsp3) is 0.471. The van der Waals surface area contributed by atoms with Crippen molar-refractivity contribution >= 4 is 22.9 Å². The first kappa shape index (κ1) is 16.7. The molecule has 2 aromatic rings. The van der Waals surface area contributed by atoms with Gasteiger partial charge in [-0.2, -0.15) is 0 Å². The molecule has 0 radical (unpaired) electrons. The van der Waals surface area contributed by atoms with E-state index in [4.69, 9.17) is 21.3 Å². The molecule has 0 aliphatic carbocycles. The van der Waals surface area contributed by atoms with E-state index in [0.717, 1.165) is 42.6 Å². The van der Waals surface area contributed by atoms with Crippen molar-refractivity contribution in [3.63, 3.8) is 0 Å². The zero-order valence-electron chi connectivity index (χ0n) is 13.5. The highest BCUT2D eigenvalue weighted by Gasteiger charge is 2.25. The molecular weight excluding hydrogens is 330 g/mol. The SMILES string of the molecule is CC1(C)CN(Cc2csc(COc3ccc(Cl)cc3)n2)CCN1. The molecule has 1 fully saturated rings. The number of nitrogens with one attached hydrogen (secondary N) is 1. The van der Waals surface area contributed by atoms with E-state index in [1.807, 2.05) is 24.3 Å². The van der Waals surface area contributed by atoms with Gasteiger partial charge in [-0.3, -0.25) is 4.90 Å². The van der Waals surface area contributed by atoms with Gasteiger partial charge in [-0.05, 0) is 38.1 Å². The lowest BCUT2D eigenvalue weighted by atomic mass is 10.0. The molecule has 0 unspecified atom stereocenters. The van der Waals surface area contributed by atoms with Crippen LogP contribution in [0.3, 0.4) is 0 Å². The van der Waals surface area contributed by atoms with E-state index in [0.29, 0.717) is 11.6 Å². The van der Waals surface area contributed by atoms with Gasteiger partial charge in [0.15, 0.2) is 0 Å². The van der Waals surface area contributed by atoms with Crippen molar-refractivity contribution in [3.8, 4) is 5.75 Å². The predicted molar refractivity (Wildman–Crippen MR) is 95.3 cm³/mol. The summed E-state index contributed by atoms with van der Waals surface area (Å²) in [4.78, 5) is 7.14. The minimum absolute atomic E-state index is 0.175. The summed E-state index contributed by atoms with van der Waals surface area (Å²) >= 11 is 7.53. The van der Waals surface area contributed by atoms with Crippen molar-refractivity contribution in [2.75, 3.05) is 19.6 Å². The number of hydrogen-bond donors (Lipinski definition) is 1. The van der Waals surface area contributed by atoms with Crippen molar-refractivity contribution in [2.24, 2.45) is 0 Å². The van der Waals surface area contributed by atoms with Gasteiger partial charge in [0.25, 0.3) is 0 Å². The molecule has 1 N–H and O–H groups in total. The molecule has 1 aliphatic heterocycles. The topological polar surface area (TPSA) is 37.4 Å². The molecule has 0 atom stereocenters. The van der Waals surface area contributed by atoms with Crippen LogP contribution in [0.5, 0.6) is 5.75 Å². The van der Waals surface area contributed by atoms with Crippen LogP contribution in [0.4, 0.5) is 0 Å². The van der Waals surface area contributed by atoms with Crippen molar-refractivity contribution in [3.05, 3.63) is 45.4 Å². The van der Waals surface area contributed by atoms with E-state index in [1.54, 1.807) is 11.3 Å². The highest BCUT2D eigenvalue weighted by molar-refractivity contribution is 7.09. The average Bonchev–Trinajstić information content (AvgIpc) is 2.93. The molecular formula is C17H22ClN3OS. The fourth-order valence-corrected chi connectivity index (χ4v) is 3.60. The summed E-state index contributed by atoms with van der Waals surface area (Å²) in [6, 6.07) is 7.41. The summed E-state index contributed by atoms with van der Waals surface area (Å²) in [6.45, 7) is 9.03. The van der Waals surface area contributed by atoms with Crippen LogP contribution in [0, 0.1) is 0 Å². The van der Waals surface area contributed by atoms with Gasteiger partial charge in [-0.1, -0.05) is 11.6 Å². The monoisotopic (exact) mass is 351 g/mol. The molecule has 0 amide bonds. The maximum atomic E-state index is 5.87. The second kappa shape index (κ2) is 7.18. The largest absolute Gasteiger partial charge is 0.486 e. The van der Waals surface area contributed by atoms with Gasteiger partial charge < -0.3 is 10.1 Å². The number of ether oxygens (including phenoxy) is 1. The number of thiazole rings is 1. The maximum Gasteiger partial charge on any atom is 0.140 e. The molecule has 0 bridgehead atoms. The summed E-state index contributed by atoms with van der Waals surface area (Å²) in [7, 11) is 0. The van der Waals surface area contributed by atoms with Crippen LogP contribution < -0.4 is 10.1 Å². The van der Waals surface area contributed by atoms with Crippen LogP contribution in [0.1, 0.15) is 24.5 Å². The second-order valence-electron chi connectivity index (χ2n) is 6.50. The van der Waals surface area contributed by atoms with E-state index in [-0.39, 0.29) is 5.54 Å². The summed E-state index contributed by atoms with van der Waals surface area (Å²) in [5.74, 6) is 0.815. The van der Waals surface area contributed by atoms with Crippen LogP contribution in [-0.2, 0) is 13.2 Å². The molecule has 23 heavy (non-hydrogen) atoms. The first-order valence-electron chi connectivity index (χ1n) is 7.79. The van der Waals surface area contributed by atoms with E-state index in [2.05, 4.69) is 29.4 Å². The predicted octanol–water partition coefficient (Wildman–Crippen LogP) is 3.56. The number of piperazine rings is 1. The molecule has 4 nitrogen and oxygen atoms in total. The van der Waals surface area contributed by atoms with Crippen molar-refractivity contribution in [1.29, 1.82) is 0 Å². The molecule has 124 valence electrons. The molecule has 0 spiro atoms. The Morgan fingerprint density at radius 3 is 2.87 bits per heavy atom. The van der Waals surface area contributed by atoms with E-state index in [9.17, 15) is 0 Å². The summed E-state index contributed by atoms with van der Waals surface area (Å²) in [5.41, 5.74) is 1.30. The lowest BCUT2D eigenvalue weighted by Gasteiger charge is -2.38. The highest BCUT2D eigenvalue weighted by atomic mass is 35.5. The Labute approximate surface area is 146 Å². The maximum absolute atomic E-state index is 5.87. The Morgan fingerprint density at radius 1 is 1.35 bits per heavy atom. The Hall–Kier alpha value is -1.14. The zero-order chi connectivity index (χ0) is 16.3. The van der Waals surface area contributed by atoms with Gasteiger partial charge in [0.05, 0.1) is 5.69 Å². The molecule has 3 rings (SSSR count). The minimum Gasteiger partial charge on any atom is -0.486 e. The lowest BCUT2D eigenvalue weighted by molar-refractivity contribution is 0.147. The number of aromatic nitrogens is 1. The van der Waals surface area contributed by atoms with Crippen LogP contribution in [-0.4, -0.2) is 35.1 Å². The highest BCUT2D eigenvalue weighted by Crippen LogP contribution is 2.19. The second-order valence-corrected chi connectivity index (χ2v) is 7.88. The van der Waals surface area contributed by atoms with Gasteiger partial charge in [-0.15, -0.1) is 11.3 Å². The Kier molecular flexibility index (Phi) is 5.21. The Bertz CT molecular complexity index is 642. The molecule has 2 heterocycles. The third kappa shape index (κ3) is 4.91. The zero-order valence-corrected chi connectivity index (χ0v) is 15.1. The van der Waals surface area contributed by atoms with Gasteiger partial charge in [0, 0.05) is 42.1 Å². The van der Waals surface area contributed by atoms with E-state index in [1.165, 1.54) is 0 Å². The van der Waals surface area contributed by atoms with Gasteiger partial charge >= 0.3 is 0 Å². The first-order valence-corrected chi connectivity index (χ1v) is 9.05. The van der Waals surface area contributed by atoms with Gasteiger partial charge in [0.2, 0.25) is 0 Å². The quantitative estimate of drug-likeness (QED) is 0.893. The van der Waals surface area contributed by atoms with Gasteiger partial charge in [0.1, 0.15) is 17.4 Å². The van der Waals surface area contributed by atoms with Crippen LogP contribution in [0.15, 0.2) is 29.6 Å². The van der Waals surface area contributed by atoms with Crippen LogP contribution >= 0.6 is 22.9 Å². The lowest BCUT2D eigenvalue weighted by Crippen LogP contribution is -2.56. The average molecular weight is 352 g/mol. The molecule has 1 aromatic carbocycles. The Morgan fingerprint density at radius 2 is 2.13 bits per heavy atom. The number of hydrogen-bond acceptors (Lipinski definition) is 5. The normalized spacial score (nSPS) is 18.0. The fourth-order valence-electron chi connectivity index (χ4n) is 2.77. The standard InChI is InChI=1S/C17H22ClN3OS/c1-17(2)12-21(8-7-19-17)9-14-11-23-16(20-14)10-22-15-5-3-13(18)4-6-15/h3-6,11,19H,7-10,12H2,1-2H3. The Balaban J connectivity index is 1.52. The van der Waals surface area contributed by atoms with Crippen molar-refractivity contribution < 1.29 is 4.74 Å². The summed E-state index contributed by atoms with van der Waals surface area (Å²) in [5, 5.41) is 7.39. The third-order valence-corrected chi connectivity index (χ3v) is 4.93. The number of halogens is 1. The van der Waals surface area contributed by atoms with E-state index < -0.39 is 0 Å². The molecule has 1 saturated heterocycles. The van der Waals surface area contributed by atoms with Crippen molar-refractivity contribution in [1.82, 2.24) is 15.2 Å². The van der Waals surface area contributed by atoms with Crippen molar-refractivity contribution in [2.45, 2.75) is 32.5 Å². The number of benzene rings is 1. The summed E-state index contributed by atoms with van der Waals surface area (Å²) in [6.07, 6.45) is 0. The number of nitrogens with zero attached hydrogens (tertiary/aromatic N) is 2. The minimum atomic E-state index is 0.175. The third-order valence-electron chi connectivity index (χ3n) is 3.81. The molecule has 1 aromatic heterocycles. The molecule has 0 saturated carbocycles. The first-order chi connectivity index (χ1) is 11.0. The summed E-state index contributed by atoms with van der Waals surface area (Å²) < 4.78 is 5.75. The van der Waals surface area contributed by atoms with Crippen LogP contribution in [0.25, 0.3) is 0 Å². The van der Waals surface area contributed by atoms with Crippen LogP contribution in [0.2, 0.25) is 5.02 Å². The smallest absolute Gasteiger partial charge is 0.140 e. The molecule has 1 aliphatic rings. The number of rotatable bonds is 5. The molecule has 6 heteroatoms. The van der Waals surface area contributed by atoms with Gasteiger partial charge in [-0.25, -0.2) is 4.98 Å². The van der Waals surface area contributed by atoms with E-state index >= 15 is 0 Å².